The summed E-state index contributed by atoms with van der Waals surface area (Å²) in [6, 6.07) is 15.3. The molecule has 3 aromatic rings. The lowest BCUT2D eigenvalue weighted by molar-refractivity contribution is -0.132. The van der Waals surface area contributed by atoms with Crippen molar-refractivity contribution in [2.45, 2.75) is 19.9 Å². The zero-order valence-electron chi connectivity index (χ0n) is 20.2. The molecule has 6 nitrogen and oxygen atoms in total. The number of halogens is 2. The highest BCUT2D eigenvalue weighted by Gasteiger charge is 2.48. The van der Waals surface area contributed by atoms with Crippen molar-refractivity contribution in [1.82, 2.24) is 0 Å². The van der Waals surface area contributed by atoms with Crippen LogP contribution in [0, 0.1) is 11.6 Å². The van der Waals surface area contributed by atoms with Gasteiger partial charge in [0, 0.05) is 24.8 Å². The van der Waals surface area contributed by atoms with E-state index in [9.17, 15) is 23.5 Å². The first-order chi connectivity index (χ1) is 17.3. The summed E-state index contributed by atoms with van der Waals surface area (Å²) < 4.78 is 33.8. The van der Waals surface area contributed by atoms with Gasteiger partial charge in [-0.15, -0.1) is 0 Å². The number of nitrogens with zero attached hydrogens (tertiary/aromatic N) is 2. The topological polar surface area (TPSA) is 70.1 Å². The van der Waals surface area contributed by atoms with Crippen LogP contribution in [0.5, 0.6) is 5.75 Å². The van der Waals surface area contributed by atoms with E-state index in [4.69, 9.17) is 4.74 Å². The number of anilines is 2. The van der Waals surface area contributed by atoms with Crippen molar-refractivity contribution in [1.29, 1.82) is 0 Å². The molecular formula is C28H26F2N2O4. The van der Waals surface area contributed by atoms with Gasteiger partial charge < -0.3 is 14.7 Å². The van der Waals surface area contributed by atoms with E-state index < -0.39 is 35.1 Å². The Morgan fingerprint density at radius 2 is 1.67 bits per heavy atom. The standard InChI is InChI=1S/C28H26F2N2O4/c1-4-31(5-2)19-13-10-17(11-14-19)25-24(26(33)20-8-6-7-9-23(20)36-3)27(34)28(35)32(25)22-15-12-18(29)16-21(22)30/h6-16,25,33H,4-5H2,1-3H3/b26-24+. The highest BCUT2D eigenvalue weighted by Crippen LogP contribution is 2.44. The molecule has 186 valence electrons. The van der Waals surface area contributed by atoms with Crippen LogP contribution in [0.4, 0.5) is 20.2 Å². The van der Waals surface area contributed by atoms with Crippen LogP contribution in [0.1, 0.15) is 31.0 Å². The number of hydrogen-bond donors (Lipinski definition) is 1. The molecule has 1 heterocycles. The summed E-state index contributed by atoms with van der Waals surface area (Å²) in [5, 5.41) is 11.3. The van der Waals surface area contributed by atoms with Crippen LogP contribution < -0.4 is 14.5 Å². The van der Waals surface area contributed by atoms with Crippen LogP contribution >= 0.6 is 0 Å². The molecule has 1 unspecified atom stereocenters. The molecular weight excluding hydrogens is 466 g/mol. The number of Topliss-reactive ketones (excluding diaryl/α,β-unsaturated/α-hetero) is 1. The second-order valence-electron chi connectivity index (χ2n) is 8.23. The largest absolute Gasteiger partial charge is 0.507 e. The number of aliphatic hydroxyl groups excluding tert-OH is 1. The predicted molar refractivity (Wildman–Crippen MR) is 134 cm³/mol. The number of benzene rings is 3. The van der Waals surface area contributed by atoms with Gasteiger partial charge in [-0.2, -0.15) is 0 Å². The number of amides is 1. The average Bonchev–Trinajstić information content (AvgIpc) is 3.15. The van der Waals surface area contributed by atoms with Crippen LogP contribution in [-0.4, -0.2) is 37.0 Å². The molecule has 0 bridgehead atoms. The third-order valence-corrected chi connectivity index (χ3v) is 6.31. The minimum atomic E-state index is -1.15. The molecule has 8 heteroatoms. The van der Waals surface area contributed by atoms with Gasteiger partial charge in [-0.25, -0.2) is 8.78 Å². The van der Waals surface area contributed by atoms with Gasteiger partial charge in [0.25, 0.3) is 11.7 Å². The molecule has 1 saturated heterocycles. The second kappa shape index (κ2) is 10.2. The molecule has 0 radical (unpaired) electrons. The molecule has 3 aromatic carbocycles. The van der Waals surface area contributed by atoms with Crippen molar-refractivity contribution in [3.8, 4) is 5.75 Å². The predicted octanol–water partition coefficient (Wildman–Crippen LogP) is 5.45. The normalized spacial score (nSPS) is 16.9. The number of ketones is 1. The number of ether oxygens (including phenoxy) is 1. The van der Waals surface area contributed by atoms with Gasteiger partial charge in [-0.05, 0) is 55.8 Å². The van der Waals surface area contributed by atoms with E-state index in [1.807, 2.05) is 26.0 Å². The summed E-state index contributed by atoms with van der Waals surface area (Å²) in [6.07, 6.45) is 0. The third-order valence-electron chi connectivity index (χ3n) is 6.31. The Labute approximate surface area is 208 Å². The minimum Gasteiger partial charge on any atom is -0.507 e. The van der Waals surface area contributed by atoms with Crippen LogP contribution in [0.25, 0.3) is 5.76 Å². The fraction of sp³-hybridized carbons (Fsp3) is 0.214. The molecule has 1 atom stereocenters. The van der Waals surface area contributed by atoms with Gasteiger partial charge in [-0.1, -0.05) is 24.3 Å². The van der Waals surface area contributed by atoms with Gasteiger partial charge >= 0.3 is 0 Å². The van der Waals surface area contributed by atoms with Crippen molar-refractivity contribution >= 4 is 28.8 Å². The second-order valence-corrected chi connectivity index (χ2v) is 8.23. The first-order valence-corrected chi connectivity index (χ1v) is 11.6. The summed E-state index contributed by atoms with van der Waals surface area (Å²) in [6.45, 7) is 5.61. The number of para-hydroxylation sites is 1. The van der Waals surface area contributed by atoms with Gasteiger partial charge in [0.2, 0.25) is 0 Å². The Hall–Kier alpha value is -4.20. The Morgan fingerprint density at radius 3 is 2.28 bits per heavy atom. The van der Waals surface area contributed by atoms with Gasteiger partial charge in [-0.3, -0.25) is 14.5 Å². The summed E-state index contributed by atoms with van der Waals surface area (Å²) in [4.78, 5) is 29.6. The number of aliphatic hydroxyl groups is 1. The maximum absolute atomic E-state index is 14.9. The van der Waals surface area contributed by atoms with Gasteiger partial charge in [0.05, 0.1) is 30.0 Å². The highest BCUT2D eigenvalue weighted by molar-refractivity contribution is 6.51. The van der Waals surface area contributed by atoms with Gasteiger partial charge in [0.15, 0.2) is 0 Å². The molecule has 4 rings (SSSR count). The van der Waals surface area contributed by atoms with E-state index in [0.717, 1.165) is 35.8 Å². The molecule has 0 aliphatic carbocycles. The number of methoxy groups -OCH3 is 1. The molecule has 1 N–H and O–H groups in total. The summed E-state index contributed by atoms with van der Waals surface area (Å²) >= 11 is 0. The van der Waals surface area contributed by atoms with Crippen molar-refractivity contribution in [2.24, 2.45) is 0 Å². The highest BCUT2D eigenvalue weighted by atomic mass is 19.1. The Bertz CT molecular complexity index is 1330. The van der Waals surface area contributed by atoms with E-state index in [1.165, 1.54) is 7.11 Å². The third kappa shape index (κ3) is 4.30. The van der Waals surface area contributed by atoms with Crippen LogP contribution in [0.3, 0.4) is 0 Å². The summed E-state index contributed by atoms with van der Waals surface area (Å²) in [5.41, 5.74) is 1.13. The SMILES string of the molecule is CCN(CC)c1ccc(C2/C(=C(\O)c3ccccc3OC)C(=O)C(=O)N2c2ccc(F)cc2F)cc1. The molecule has 1 aliphatic rings. The van der Waals surface area contributed by atoms with Crippen LogP contribution in [-0.2, 0) is 9.59 Å². The Morgan fingerprint density at radius 1 is 1.00 bits per heavy atom. The molecule has 0 saturated carbocycles. The van der Waals surface area contributed by atoms with E-state index in [0.29, 0.717) is 17.4 Å². The van der Waals surface area contributed by atoms with E-state index >= 15 is 0 Å². The molecule has 36 heavy (non-hydrogen) atoms. The zero-order valence-corrected chi connectivity index (χ0v) is 20.2. The quantitative estimate of drug-likeness (QED) is 0.270. The van der Waals surface area contributed by atoms with E-state index in [1.54, 1.807) is 36.4 Å². The van der Waals surface area contributed by atoms with Crippen LogP contribution in [0.15, 0.2) is 72.3 Å². The van der Waals surface area contributed by atoms with E-state index in [-0.39, 0.29) is 16.8 Å². The molecule has 1 aliphatic heterocycles. The fourth-order valence-electron chi connectivity index (χ4n) is 4.51. The summed E-state index contributed by atoms with van der Waals surface area (Å²) in [7, 11) is 1.42. The number of hydrogen-bond acceptors (Lipinski definition) is 5. The lowest BCUT2D eigenvalue weighted by Crippen LogP contribution is -2.30. The minimum absolute atomic E-state index is 0.210. The molecule has 0 spiro atoms. The Balaban J connectivity index is 1.95. The van der Waals surface area contributed by atoms with Crippen molar-refractivity contribution in [3.63, 3.8) is 0 Å². The Kier molecular flexibility index (Phi) is 7.05. The first-order valence-electron chi connectivity index (χ1n) is 11.6. The molecule has 0 aromatic heterocycles. The average molecular weight is 493 g/mol. The van der Waals surface area contributed by atoms with Crippen molar-refractivity contribution < 1.29 is 28.2 Å². The van der Waals surface area contributed by atoms with Crippen LogP contribution in [0.2, 0.25) is 0 Å². The monoisotopic (exact) mass is 492 g/mol. The van der Waals surface area contributed by atoms with E-state index in [2.05, 4.69) is 4.90 Å². The number of rotatable bonds is 7. The maximum Gasteiger partial charge on any atom is 0.300 e. The first kappa shape index (κ1) is 24.9. The molecule has 1 fully saturated rings. The maximum atomic E-state index is 14.9. The number of carbonyl (C=O) groups excluding carboxylic acids is 2. The fourth-order valence-corrected chi connectivity index (χ4v) is 4.51. The van der Waals surface area contributed by atoms with Crippen molar-refractivity contribution in [2.75, 3.05) is 30.0 Å². The summed E-state index contributed by atoms with van der Waals surface area (Å²) in [5.74, 6) is -3.99. The number of carbonyl (C=O) groups is 2. The molecule has 1 amide bonds. The smallest absolute Gasteiger partial charge is 0.300 e. The lowest BCUT2D eigenvalue weighted by Gasteiger charge is -2.27. The van der Waals surface area contributed by atoms with Gasteiger partial charge in [0.1, 0.15) is 23.1 Å². The van der Waals surface area contributed by atoms with Crippen molar-refractivity contribution in [3.05, 3.63) is 95.1 Å². The zero-order chi connectivity index (χ0) is 26.0. The lowest BCUT2D eigenvalue weighted by atomic mass is 9.94.